The molecule has 4 rings (SSSR count). The Labute approximate surface area is 191 Å². The van der Waals surface area contributed by atoms with Gasteiger partial charge in [-0.3, -0.25) is 9.69 Å². The van der Waals surface area contributed by atoms with E-state index in [0.717, 1.165) is 66.3 Å². The first kappa shape index (κ1) is 21.9. The minimum absolute atomic E-state index is 0.0597. The van der Waals surface area contributed by atoms with Gasteiger partial charge in [0.1, 0.15) is 18.5 Å². The fourth-order valence-electron chi connectivity index (χ4n) is 4.03. The van der Waals surface area contributed by atoms with Crippen LogP contribution < -0.4 is 10.1 Å². The summed E-state index contributed by atoms with van der Waals surface area (Å²) in [6.45, 7) is 9.25. The van der Waals surface area contributed by atoms with Crippen LogP contribution in [0.15, 0.2) is 59.6 Å². The Kier molecular flexibility index (Phi) is 7.27. The monoisotopic (exact) mass is 485 g/mol. The van der Waals surface area contributed by atoms with Crippen molar-refractivity contribution in [3.05, 3.63) is 70.7 Å². The summed E-state index contributed by atoms with van der Waals surface area (Å²) in [5.41, 5.74) is 2.59. The standard InChI is InChI=1S/C24H28BrN3O3/c1-2-14-31-22-9-8-18(17-20(22)25)23-26-21-7-4-3-6-19(21)24(29)28(23)11-5-10-27-12-15-30-16-13-27/h2-4,6-9,17,23,26H,1,5,10-16H2. The Morgan fingerprint density at radius 3 is 2.77 bits per heavy atom. The number of ether oxygens (including phenoxy) is 2. The number of nitrogens with one attached hydrogen (secondary N) is 1. The first-order valence-electron chi connectivity index (χ1n) is 10.7. The first-order chi connectivity index (χ1) is 15.2. The van der Waals surface area contributed by atoms with Crippen LogP contribution in [0.2, 0.25) is 0 Å². The summed E-state index contributed by atoms with van der Waals surface area (Å²) >= 11 is 3.61. The van der Waals surface area contributed by atoms with Crippen LogP contribution in [0.1, 0.15) is 28.5 Å². The molecule has 31 heavy (non-hydrogen) atoms. The molecule has 0 saturated carbocycles. The van der Waals surface area contributed by atoms with Crippen molar-refractivity contribution in [2.24, 2.45) is 0 Å². The second-order valence-electron chi connectivity index (χ2n) is 7.69. The van der Waals surface area contributed by atoms with Crippen molar-refractivity contribution in [1.82, 2.24) is 9.80 Å². The van der Waals surface area contributed by atoms with E-state index in [-0.39, 0.29) is 12.1 Å². The first-order valence-corrected chi connectivity index (χ1v) is 11.5. The van der Waals surface area contributed by atoms with Crippen LogP contribution in [-0.4, -0.2) is 61.7 Å². The van der Waals surface area contributed by atoms with Gasteiger partial charge in [0.25, 0.3) is 5.91 Å². The van der Waals surface area contributed by atoms with E-state index in [9.17, 15) is 4.79 Å². The highest BCUT2D eigenvalue weighted by Gasteiger charge is 2.32. The highest BCUT2D eigenvalue weighted by Crippen LogP contribution is 2.36. The summed E-state index contributed by atoms with van der Waals surface area (Å²) in [7, 11) is 0. The molecule has 2 heterocycles. The van der Waals surface area contributed by atoms with Gasteiger partial charge in [0.15, 0.2) is 0 Å². The number of fused-ring (bicyclic) bond motifs is 1. The maximum absolute atomic E-state index is 13.4. The molecule has 2 aromatic rings. The molecule has 2 aliphatic rings. The highest BCUT2D eigenvalue weighted by molar-refractivity contribution is 9.10. The van der Waals surface area contributed by atoms with Gasteiger partial charge in [-0.15, -0.1) is 0 Å². The third kappa shape index (κ3) is 5.11. The van der Waals surface area contributed by atoms with E-state index in [1.807, 2.05) is 47.4 Å². The predicted molar refractivity (Wildman–Crippen MR) is 126 cm³/mol. The molecule has 1 fully saturated rings. The fourth-order valence-corrected chi connectivity index (χ4v) is 4.54. The molecule has 1 atom stereocenters. The molecular formula is C24H28BrN3O3. The van der Waals surface area contributed by atoms with Gasteiger partial charge < -0.3 is 19.7 Å². The number of morpholine rings is 1. The normalized spacial score (nSPS) is 18.9. The summed E-state index contributed by atoms with van der Waals surface area (Å²) in [4.78, 5) is 17.7. The summed E-state index contributed by atoms with van der Waals surface area (Å²) < 4.78 is 12.0. The Morgan fingerprint density at radius 2 is 2.00 bits per heavy atom. The molecule has 1 N–H and O–H groups in total. The summed E-state index contributed by atoms with van der Waals surface area (Å²) in [5.74, 6) is 0.814. The topological polar surface area (TPSA) is 54.0 Å². The van der Waals surface area contributed by atoms with Crippen LogP contribution in [0.3, 0.4) is 0 Å². The number of hydrogen-bond acceptors (Lipinski definition) is 5. The number of para-hydroxylation sites is 1. The van der Waals surface area contributed by atoms with Crippen LogP contribution in [0.4, 0.5) is 5.69 Å². The molecule has 2 aliphatic heterocycles. The molecular weight excluding hydrogens is 458 g/mol. The molecule has 0 radical (unpaired) electrons. The van der Waals surface area contributed by atoms with Gasteiger partial charge in [-0.25, -0.2) is 0 Å². The maximum atomic E-state index is 13.4. The van der Waals surface area contributed by atoms with E-state index >= 15 is 0 Å². The average molecular weight is 486 g/mol. The predicted octanol–water partition coefficient (Wildman–Crippen LogP) is 4.30. The van der Waals surface area contributed by atoms with E-state index in [2.05, 4.69) is 32.7 Å². The number of halogens is 1. The number of anilines is 1. The van der Waals surface area contributed by atoms with Gasteiger partial charge in [-0.2, -0.15) is 0 Å². The number of hydrogen-bond donors (Lipinski definition) is 1. The van der Waals surface area contributed by atoms with Crippen molar-refractivity contribution < 1.29 is 14.3 Å². The zero-order chi connectivity index (χ0) is 21.6. The van der Waals surface area contributed by atoms with Gasteiger partial charge in [0.05, 0.1) is 23.2 Å². The zero-order valence-electron chi connectivity index (χ0n) is 17.6. The van der Waals surface area contributed by atoms with Crippen LogP contribution in [0.25, 0.3) is 0 Å². The number of carbonyl (C=O) groups excluding carboxylic acids is 1. The van der Waals surface area contributed by atoms with Gasteiger partial charge in [-0.1, -0.05) is 30.9 Å². The molecule has 1 saturated heterocycles. The van der Waals surface area contributed by atoms with Crippen LogP contribution in [0, 0.1) is 0 Å². The fraction of sp³-hybridized carbons (Fsp3) is 0.375. The Bertz CT molecular complexity index is 930. The molecule has 0 bridgehead atoms. The van der Waals surface area contributed by atoms with Crippen molar-refractivity contribution in [3.63, 3.8) is 0 Å². The van der Waals surface area contributed by atoms with Crippen LogP contribution in [-0.2, 0) is 4.74 Å². The smallest absolute Gasteiger partial charge is 0.257 e. The Morgan fingerprint density at radius 1 is 1.19 bits per heavy atom. The Balaban J connectivity index is 1.54. The highest BCUT2D eigenvalue weighted by atomic mass is 79.9. The van der Waals surface area contributed by atoms with Crippen molar-refractivity contribution in [2.75, 3.05) is 51.3 Å². The number of nitrogens with zero attached hydrogens (tertiary/aromatic N) is 2. The Hall–Kier alpha value is -2.35. The lowest BCUT2D eigenvalue weighted by molar-refractivity contribution is 0.0348. The third-order valence-electron chi connectivity index (χ3n) is 5.63. The van der Waals surface area contributed by atoms with Gasteiger partial charge in [0.2, 0.25) is 0 Å². The van der Waals surface area contributed by atoms with E-state index in [4.69, 9.17) is 9.47 Å². The molecule has 1 amide bonds. The summed E-state index contributed by atoms with van der Waals surface area (Å²) in [6.07, 6.45) is 2.39. The molecule has 0 spiro atoms. The third-order valence-corrected chi connectivity index (χ3v) is 6.25. The zero-order valence-corrected chi connectivity index (χ0v) is 19.1. The van der Waals surface area contributed by atoms with Crippen LogP contribution >= 0.6 is 15.9 Å². The quantitative estimate of drug-likeness (QED) is 0.564. The number of rotatable bonds is 8. The maximum Gasteiger partial charge on any atom is 0.257 e. The van der Waals surface area contributed by atoms with Gasteiger partial charge in [0, 0.05) is 31.9 Å². The lowest BCUT2D eigenvalue weighted by Gasteiger charge is -2.39. The van der Waals surface area contributed by atoms with E-state index < -0.39 is 0 Å². The summed E-state index contributed by atoms with van der Waals surface area (Å²) in [5, 5.41) is 3.57. The minimum atomic E-state index is -0.239. The second-order valence-corrected chi connectivity index (χ2v) is 8.54. The number of benzene rings is 2. The van der Waals surface area contributed by atoms with Crippen molar-refractivity contribution in [1.29, 1.82) is 0 Å². The average Bonchev–Trinajstić information content (AvgIpc) is 2.80. The molecule has 6 nitrogen and oxygen atoms in total. The SMILES string of the molecule is C=CCOc1ccc(C2Nc3ccccc3C(=O)N2CCCN2CCOCC2)cc1Br. The van der Waals surface area contributed by atoms with Crippen molar-refractivity contribution in [3.8, 4) is 5.75 Å². The molecule has 164 valence electrons. The number of amides is 1. The second kappa shape index (κ2) is 10.3. The van der Waals surface area contributed by atoms with Crippen molar-refractivity contribution >= 4 is 27.5 Å². The lowest BCUT2D eigenvalue weighted by Crippen LogP contribution is -2.44. The minimum Gasteiger partial charge on any atom is -0.488 e. The van der Waals surface area contributed by atoms with E-state index in [0.29, 0.717) is 13.2 Å². The molecule has 0 aromatic heterocycles. The molecule has 1 unspecified atom stereocenters. The largest absolute Gasteiger partial charge is 0.488 e. The molecule has 0 aliphatic carbocycles. The van der Waals surface area contributed by atoms with E-state index in [1.54, 1.807) is 6.08 Å². The van der Waals surface area contributed by atoms with E-state index in [1.165, 1.54) is 0 Å². The number of carbonyl (C=O) groups is 1. The van der Waals surface area contributed by atoms with Crippen LogP contribution in [0.5, 0.6) is 5.75 Å². The molecule has 2 aromatic carbocycles. The van der Waals surface area contributed by atoms with Crippen molar-refractivity contribution in [2.45, 2.75) is 12.6 Å². The summed E-state index contributed by atoms with van der Waals surface area (Å²) in [6, 6.07) is 13.7. The molecule has 7 heteroatoms. The lowest BCUT2D eigenvalue weighted by atomic mass is 10.0. The van der Waals surface area contributed by atoms with Gasteiger partial charge in [-0.05, 0) is 52.2 Å². The van der Waals surface area contributed by atoms with Gasteiger partial charge >= 0.3 is 0 Å².